The van der Waals surface area contributed by atoms with Crippen LogP contribution in [0.2, 0.25) is 0 Å². The average molecular weight is 322 g/mol. The molecule has 3 aliphatic rings. The zero-order chi connectivity index (χ0) is 15.7. The van der Waals surface area contributed by atoms with Crippen molar-refractivity contribution in [2.24, 2.45) is 16.9 Å². The highest BCUT2D eigenvalue weighted by atomic mass is 32.2. The lowest BCUT2D eigenvalue weighted by Crippen LogP contribution is -2.43. The summed E-state index contributed by atoms with van der Waals surface area (Å²) in [4.78, 5) is 2.64. The Balaban J connectivity index is 1.77. The van der Waals surface area contributed by atoms with Crippen LogP contribution in [-0.4, -0.2) is 27.3 Å². The minimum atomic E-state index is -3.60. The molecular weight excluding hydrogens is 300 g/mol. The largest absolute Gasteiger partial charge is 0.381 e. The van der Waals surface area contributed by atoms with E-state index in [4.69, 9.17) is 4.74 Å². The van der Waals surface area contributed by atoms with E-state index in [1.807, 2.05) is 6.92 Å². The predicted molar refractivity (Wildman–Crippen MR) is 85.2 cm³/mol. The number of hydrogen-bond donors (Lipinski definition) is 1. The SMILES string of the molecule is CO[C@H]1C[C@H]2CC[C@@H]1/C(=N/NS(=O)(=O)c1ccc(C)cc1)C2. The van der Waals surface area contributed by atoms with Gasteiger partial charge in [0.15, 0.2) is 0 Å². The number of hydrogen-bond acceptors (Lipinski definition) is 4. The van der Waals surface area contributed by atoms with Gasteiger partial charge >= 0.3 is 0 Å². The van der Waals surface area contributed by atoms with Gasteiger partial charge < -0.3 is 4.74 Å². The minimum absolute atomic E-state index is 0.176. The number of benzene rings is 1. The molecule has 3 saturated carbocycles. The van der Waals surface area contributed by atoms with Crippen LogP contribution in [0.4, 0.5) is 0 Å². The van der Waals surface area contributed by atoms with Crippen molar-refractivity contribution >= 4 is 15.7 Å². The molecule has 3 aliphatic carbocycles. The van der Waals surface area contributed by atoms with Crippen LogP contribution in [0, 0.1) is 18.8 Å². The second kappa shape index (κ2) is 6.01. The van der Waals surface area contributed by atoms with E-state index in [-0.39, 0.29) is 16.9 Å². The number of methoxy groups -OCH3 is 1. The first kappa shape index (κ1) is 15.5. The molecule has 0 aliphatic heterocycles. The van der Waals surface area contributed by atoms with Gasteiger partial charge in [-0.25, -0.2) is 4.83 Å². The molecule has 1 aromatic carbocycles. The summed E-state index contributed by atoms with van der Waals surface area (Å²) in [7, 11) is -1.87. The van der Waals surface area contributed by atoms with Crippen molar-refractivity contribution in [1.82, 2.24) is 4.83 Å². The summed E-state index contributed by atoms with van der Waals surface area (Å²) in [6, 6.07) is 6.77. The van der Waals surface area contributed by atoms with Crippen LogP contribution in [0.1, 0.15) is 31.2 Å². The van der Waals surface area contributed by atoms with Crippen molar-refractivity contribution in [3.63, 3.8) is 0 Å². The standard InChI is InChI=1S/C16H22N2O3S/c1-11-3-6-13(7-4-11)22(19,20)18-17-15-9-12-5-8-14(15)16(10-12)21-2/h3-4,6-7,12,14,16,18H,5,8-10H2,1-2H3/b17-15+/t12-,14+,16-/m0/s1. The van der Waals surface area contributed by atoms with E-state index in [1.165, 1.54) is 6.42 Å². The summed E-state index contributed by atoms with van der Waals surface area (Å²) < 4.78 is 30.1. The fourth-order valence-electron chi connectivity index (χ4n) is 3.50. The Morgan fingerprint density at radius 2 is 1.95 bits per heavy atom. The molecule has 3 atom stereocenters. The zero-order valence-electron chi connectivity index (χ0n) is 13.0. The smallest absolute Gasteiger partial charge is 0.276 e. The maximum Gasteiger partial charge on any atom is 0.276 e. The average Bonchev–Trinajstić information content (AvgIpc) is 2.54. The number of sulfonamides is 1. The normalized spacial score (nSPS) is 29.7. The van der Waals surface area contributed by atoms with Gasteiger partial charge in [-0.3, -0.25) is 0 Å². The molecule has 0 aromatic heterocycles. The molecular formula is C16H22N2O3S. The maximum atomic E-state index is 12.3. The van der Waals surface area contributed by atoms with Crippen molar-refractivity contribution < 1.29 is 13.2 Å². The van der Waals surface area contributed by atoms with Crippen molar-refractivity contribution in [3.8, 4) is 0 Å². The van der Waals surface area contributed by atoms with Crippen LogP contribution in [0.15, 0.2) is 34.3 Å². The van der Waals surface area contributed by atoms with Gasteiger partial charge in [0.25, 0.3) is 10.0 Å². The molecule has 4 rings (SSSR count). The Kier molecular flexibility index (Phi) is 4.23. The molecule has 5 nitrogen and oxygen atoms in total. The molecule has 0 unspecified atom stereocenters. The number of aryl methyl sites for hydroxylation is 1. The lowest BCUT2D eigenvalue weighted by atomic mass is 9.68. The fourth-order valence-corrected chi connectivity index (χ4v) is 4.34. The number of nitrogens with one attached hydrogen (secondary N) is 1. The third kappa shape index (κ3) is 3.03. The topological polar surface area (TPSA) is 67.8 Å². The Morgan fingerprint density at radius 1 is 1.23 bits per heavy atom. The van der Waals surface area contributed by atoms with Crippen LogP contribution >= 0.6 is 0 Å². The minimum Gasteiger partial charge on any atom is -0.381 e. The second-order valence-corrected chi connectivity index (χ2v) is 7.94. The molecule has 0 saturated heterocycles. The molecule has 2 bridgehead atoms. The van der Waals surface area contributed by atoms with Crippen molar-refractivity contribution in [2.75, 3.05) is 7.11 Å². The molecule has 120 valence electrons. The summed E-state index contributed by atoms with van der Waals surface area (Å²) in [5, 5.41) is 4.23. The first-order valence-corrected chi connectivity index (χ1v) is 9.15. The van der Waals surface area contributed by atoms with Gasteiger partial charge in [-0.05, 0) is 50.7 Å². The van der Waals surface area contributed by atoms with Gasteiger partial charge in [-0.2, -0.15) is 13.5 Å². The third-order valence-electron chi connectivity index (χ3n) is 4.77. The summed E-state index contributed by atoms with van der Waals surface area (Å²) in [5.41, 5.74) is 1.96. The van der Waals surface area contributed by atoms with E-state index in [0.717, 1.165) is 30.5 Å². The Morgan fingerprint density at radius 3 is 2.59 bits per heavy atom. The summed E-state index contributed by atoms with van der Waals surface area (Å²) in [6.07, 6.45) is 4.34. The quantitative estimate of drug-likeness (QED) is 0.866. The lowest BCUT2D eigenvalue weighted by molar-refractivity contribution is 0.0163. The van der Waals surface area contributed by atoms with Gasteiger partial charge in [-0.1, -0.05) is 17.7 Å². The van der Waals surface area contributed by atoms with Gasteiger partial charge in [-0.15, -0.1) is 0 Å². The molecule has 3 fully saturated rings. The summed E-state index contributed by atoms with van der Waals surface area (Å²) in [5.74, 6) is 0.813. The summed E-state index contributed by atoms with van der Waals surface area (Å²) in [6.45, 7) is 1.92. The van der Waals surface area contributed by atoms with E-state index < -0.39 is 10.0 Å². The summed E-state index contributed by atoms with van der Waals surface area (Å²) >= 11 is 0. The monoisotopic (exact) mass is 322 g/mol. The lowest BCUT2D eigenvalue weighted by Gasteiger charge is -2.42. The van der Waals surface area contributed by atoms with Crippen LogP contribution in [0.3, 0.4) is 0 Å². The van der Waals surface area contributed by atoms with E-state index >= 15 is 0 Å². The fraction of sp³-hybridized carbons (Fsp3) is 0.562. The number of fused-ring (bicyclic) bond motifs is 3. The maximum absolute atomic E-state index is 12.3. The number of ether oxygens (including phenoxy) is 1. The van der Waals surface area contributed by atoms with E-state index in [2.05, 4.69) is 9.93 Å². The van der Waals surface area contributed by atoms with Crippen molar-refractivity contribution in [3.05, 3.63) is 29.8 Å². The molecule has 0 spiro atoms. The molecule has 1 aromatic rings. The number of hydrazone groups is 1. The first-order chi connectivity index (χ1) is 10.5. The molecule has 0 heterocycles. The van der Waals surface area contributed by atoms with Crippen molar-refractivity contribution in [2.45, 2.75) is 43.6 Å². The van der Waals surface area contributed by atoms with E-state index in [9.17, 15) is 8.42 Å². The third-order valence-corrected chi connectivity index (χ3v) is 5.99. The van der Waals surface area contributed by atoms with Crippen LogP contribution in [0.5, 0.6) is 0 Å². The molecule has 22 heavy (non-hydrogen) atoms. The van der Waals surface area contributed by atoms with Crippen LogP contribution < -0.4 is 4.83 Å². The van der Waals surface area contributed by atoms with Crippen LogP contribution in [-0.2, 0) is 14.8 Å². The van der Waals surface area contributed by atoms with Gasteiger partial charge in [0.1, 0.15) is 0 Å². The molecule has 0 amide bonds. The first-order valence-electron chi connectivity index (χ1n) is 7.67. The van der Waals surface area contributed by atoms with Crippen molar-refractivity contribution in [1.29, 1.82) is 0 Å². The van der Waals surface area contributed by atoms with Gasteiger partial charge in [0.2, 0.25) is 0 Å². The second-order valence-electron chi connectivity index (χ2n) is 6.27. The highest BCUT2D eigenvalue weighted by Crippen LogP contribution is 2.40. The number of rotatable bonds is 4. The van der Waals surface area contributed by atoms with E-state index in [0.29, 0.717) is 5.92 Å². The van der Waals surface area contributed by atoms with Crippen LogP contribution in [0.25, 0.3) is 0 Å². The molecule has 0 radical (unpaired) electrons. The Labute approximate surface area is 131 Å². The predicted octanol–water partition coefficient (Wildman–Crippen LogP) is 2.46. The Bertz CT molecular complexity index is 667. The number of nitrogens with zero attached hydrogens (tertiary/aromatic N) is 1. The highest BCUT2D eigenvalue weighted by Gasteiger charge is 2.40. The molecule has 6 heteroatoms. The van der Waals surface area contributed by atoms with Gasteiger partial charge in [0.05, 0.1) is 11.0 Å². The zero-order valence-corrected chi connectivity index (χ0v) is 13.8. The Hall–Kier alpha value is -1.40. The highest BCUT2D eigenvalue weighted by molar-refractivity contribution is 7.89. The van der Waals surface area contributed by atoms with E-state index in [1.54, 1.807) is 31.4 Å². The molecule has 1 N–H and O–H groups in total. The van der Waals surface area contributed by atoms with Gasteiger partial charge in [0, 0.05) is 18.7 Å².